The van der Waals surface area contributed by atoms with E-state index in [1.165, 1.54) is 42.0 Å². The quantitative estimate of drug-likeness (QED) is 0.112. The number of fused-ring (bicyclic) bond motifs is 4. The van der Waals surface area contributed by atoms with Gasteiger partial charge in [-0.3, -0.25) is 24.4 Å². The third-order valence-corrected chi connectivity index (χ3v) is 14.1. The summed E-state index contributed by atoms with van der Waals surface area (Å²) in [5.74, 6) is -12.7. The Morgan fingerprint density at radius 3 is 2.38 bits per heavy atom. The van der Waals surface area contributed by atoms with Crippen LogP contribution in [-0.2, 0) is 23.7 Å². The summed E-state index contributed by atoms with van der Waals surface area (Å²) in [5, 5.41) is 12.8. The van der Waals surface area contributed by atoms with Crippen LogP contribution >= 0.6 is 0 Å². The van der Waals surface area contributed by atoms with Gasteiger partial charge in [-0.15, -0.1) is 0 Å². The maximum absolute atomic E-state index is 16.2. The lowest BCUT2D eigenvalue weighted by molar-refractivity contribution is -0.134. The number of benzene rings is 2. The second kappa shape index (κ2) is 16.1. The number of nitrogens with one attached hydrogen (secondary N) is 3. The zero-order valence-corrected chi connectivity index (χ0v) is 36.3. The molecule has 1 saturated carbocycles. The normalized spacial score (nSPS) is 23.6. The Balaban J connectivity index is 0.815. The number of pyridine rings is 1. The Morgan fingerprint density at radius 1 is 0.909 bits per heavy atom. The first-order valence-corrected chi connectivity index (χ1v) is 22.2. The summed E-state index contributed by atoms with van der Waals surface area (Å²) in [6.45, 7) is 0.887. The molecule has 1 aliphatic carbocycles. The maximum Gasteiger partial charge on any atom is 0.301 e. The Labute approximate surface area is 372 Å². The van der Waals surface area contributed by atoms with Crippen molar-refractivity contribution in [3.63, 3.8) is 0 Å². The third kappa shape index (κ3) is 7.65. The highest BCUT2D eigenvalue weighted by atomic mass is 19.3. The molecule has 3 aromatic heterocycles. The molecule has 4 fully saturated rings. The molecular weight excluding hydrogens is 878 g/mol. The molecule has 3 saturated heterocycles. The Bertz CT molecular complexity index is 2880. The van der Waals surface area contributed by atoms with Crippen LogP contribution in [-0.4, -0.2) is 98.2 Å². The highest BCUT2D eigenvalue weighted by Crippen LogP contribution is 2.46. The first-order chi connectivity index (χ1) is 31.4. The van der Waals surface area contributed by atoms with Gasteiger partial charge >= 0.3 is 5.92 Å². The number of ether oxygens (including phenoxy) is 1. The van der Waals surface area contributed by atoms with E-state index in [9.17, 15) is 14.4 Å². The average Bonchev–Trinajstić information content (AvgIpc) is 4.07. The molecule has 2 amide bonds. The van der Waals surface area contributed by atoms with E-state index in [4.69, 9.17) is 4.74 Å². The van der Waals surface area contributed by atoms with Crippen LogP contribution in [0, 0.1) is 36.2 Å². The van der Waals surface area contributed by atoms with Gasteiger partial charge in [0.1, 0.15) is 23.0 Å². The Hall–Kier alpha value is -5.99. The lowest BCUT2D eigenvalue weighted by Gasteiger charge is -2.42. The molecule has 3 atom stereocenters. The minimum Gasteiger partial charge on any atom is -0.480 e. The number of hydrogen-bond donors (Lipinski definition) is 3. The number of imide groups is 1. The van der Waals surface area contributed by atoms with Crippen LogP contribution in [0.15, 0.2) is 29.2 Å². The van der Waals surface area contributed by atoms with Gasteiger partial charge in [-0.1, -0.05) is 0 Å². The number of piperidine rings is 3. The SMILES string of the molecule is Cc1cnc(N2CC[C@@H](CN3CCC(c4c(F)cc5c(C6CCC(=O)NC6=O)nn(C)c5c4F)CC3)C(F)(F)C2)nc1Nc1cc2c3c(c(=O)n(C)c2cc1F)OCC(F)(F)[C@H](C1CC1)N3. The van der Waals surface area contributed by atoms with Crippen LogP contribution in [0.3, 0.4) is 0 Å². The fourth-order valence-corrected chi connectivity index (χ4v) is 10.2. The minimum absolute atomic E-state index is 0.0113. The molecule has 7 heterocycles. The van der Waals surface area contributed by atoms with Crippen LogP contribution in [0.25, 0.3) is 21.8 Å². The van der Waals surface area contributed by atoms with Crippen molar-refractivity contribution in [3.05, 3.63) is 69.0 Å². The lowest BCUT2D eigenvalue weighted by Crippen LogP contribution is -2.53. The van der Waals surface area contributed by atoms with E-state index in [2.05, 4.69) is 31.0 Å². The van der Waals surface area contributed by atoms with Crippen LogP contribution in [0.4, 0.5) is 53.9 Å². The first kappa shape index (κ1) is 43.9. The molecule has 10 rings (SSSR count). The van der Waals surface area contributed by atoms with Crippen molar-refractivity contribution >= 4 is 56.8 Å². The minimum atomic E-state index is -3.27. The van der Waals surface area contributed by atoms with Gasteiger partial charge in [0, 0.05) is 73.7 Å². The van der Waals surface area contributed by atoms with E-state index in [0.717, 1.165) is 10.6 Å². The molecule has 350 valence electrons. The molecule has 1 unspecified atom stereocenters. The molecule has 2 aromatic carbocycles. The van der Waals surface area contributed by atoms with E-state index in [-0.39, 0.29) is 100 Å². The Morgan fingerprint density at radius 2 is 1.67 bits per heavy atom. The number of aryl methyl sites for hydroxylation is 3. The van der Waals surface area contributed by atoms with Crippen molar-refractivity contribution < 1.29 is 45.1 Å². The number of alkyl halides is 4. The zero-order chi connectivity index (χ0) is 46.6. The number of halogens is 7. The number of rotatable bonds is 8. The zero-order valence-electron chi connectivity index (χ0n) is 36.3. The molecule has 3 N–H and O–H groups in total. The predicted octanol–water partition coefficient (Wildman–Crippen LogP) is 6.76. The fraction of sp³-hybridized carbons (Fsp3) is 0.511. The number of hydrogen-bond acceptors (Lipinski definition) is 11. The van der Waals surface area contributed by atoms with Gasteiger partial charge in [-0.2, -0.15) is 10.1 Å². The van der Waals surface area contributed by atoms with Crippen molar-refractivity contribution in [2.24, 2.45) is 25.9 Å². The van der Waals surface area contributed by atoms with Crippen LogP contribution < -0.4 is 31.1 Å². The van der Waals surface area contributed by atoms with Crippen LogP contribution in [0.5, 0.6) is 5.75 Å². The Kier molecular flexibility index (Phi) is 10.7. The average molecular weight is 925 g/mol. The van der Waals surface area contributed by atoms with Crippen molar-refractivity contribution in [1.82, 2.24) is 34.5 Å². The van der Waals surface area contributed by atoms with Crippen LogP contribution in [0.2, 0.25) is 0 Å². The first-order valence-electron chi connectivity index (χ1n) is 22.2. The number of carbonyl (C=O) groups is 2. The molecule has 66 heavy (non-hydrogen) atoms. The summed E-state index contributed by atoms with van der Waals surface area (Å²) >= 11 is 0. The second-order valence-corrected chi connectivity index (χ2v) is 18.5. The summed E-state index contributed by atoms with van der Waals surface area (Å²) < 4.78 is 118. The number of nitrogens with zero attached hydrogens (tertiary/aromatic N) is 7. The molecule has 5 aromatic rings. The van der Waals surface area contributed by atoms with Gasteiger partial charge in [0.2, 0.25) is 23.5 Å². The third-order valence-electron chi connectivity index (χ3n) is 14.1. The molecule has 21 heteroatoms. The fourth-order valence-electron chi connectivity index (χ4n) is 10.2. The van der Waals surface area contributed by atoms with E-state index < -0.39 is 83.6 Å². The molecule has 14 nitrogen and oxygen atoms in total. The summed E-state index contributed by atoms with van der Waals surface area (Å²) in [6.07, 6.45) is 3.60. The van der Waals surface area contributed by atoms with Gasteiger partial charge in [0.15, 0.2) is 12.4 Å². The standard InChI is InChI=1S/C45H47F7N10O4/c1-21-17-53-43(57-40(21)54-30-15-26-31(16-28(30)46)59(2)42(65)38-36(26)56-39(23-4-5-23)45(51,52)20-66-38)62-13-10-24(44(49,50)19-62)18-61-11-8-22(9-12-61)33-29(47)14-27-35(58-60(3)37(27)34(33)48)25-6-7-32(63)55-41(25)64/h14-17,22-25,39,56H,4-13,18-20H2,1-3H3,(H,53,54,57)(H,55,63,64)/t24-,25?,39-/m0/s1. The van der Waals surface area contributed by atoms with Crippen molar-refractivity contribution in [2.45, 2.75) is 81.6 Å². The topological polar surface area (TPSA) is 152 Å². The van der Waals surface area contributed by atoms with E-state index in [1.807, 2.05) is 4.90 Å². The van der Waals surface area contributed by atoms with Gasteiger partial charge in [-0.05, 0) is 82.5 Å². The largest absolute Gasteiger partial charge is 0.480 e. The number of anilines is 4. The van der Waals surface area contributed by atoms with Crippen molar-refractivity contribution in [1.29, 1.82) is 0 Å². The maximum atomic E-state index is 16.2. The molecule has 0 spiro atoms. The second-order valence-electron chi connectivity index (χ2n) is 18.5. The van der Waals surface area contributed by atoms with Gasteiger partial charge < -0.3 is 29.7 Å². The summed E-state index contributed by atoms with van der Waals surface area (Å²) in [4.78, 5) is 49.6. The molecular formula is C45H47F7N10O4. The number of amides is 2. The van der Waals surface area contributed by atoms with E-state index in [0.29, 0.717) is 44.3 Å². The highest BCUT2D eigenvalue weighted by Gasteiger charge is 2.51. The smallest absolute Gasteiger partial charge is 0.301 e. The molecule has 0 bridgehead atoms. The monoisotopic (exact) mass is 924 g/mol. The van der Waals surface area contributed by atoms with Gasteiger partial charge in [-0.25, -0.2) is 35.7 Å². The summed E-state index contributed by atoms with van der Waals surface area (Å²) in [5.41, 5.74) is -0.0129. The summed E-state index contributed by atoms with van der Waals surface area (Å²) in [7, 11) is 2.90. The van der Waals surface area contributed by atoms with E-state index >= 15 is 30.7 Å². The molecule has 5 aliphatic rings. The summed E-state index contributed by atoms with van der Waals surface area (Å²) in [6, 6.07) is 2.39. The lowest BCUT2D eigenvalue weighted by atomic mass is 9.86. The predicted molar refractivity (Wildman–Crippen MR) is 229 cm³/mol. The van der Waals surface area contributed by atoms with Gasteiger partial charge in [0.25, 0.3) is 11.5 Å². The highest BCUT2D eigenvalue weighted by molar-refractivity contribution is 6.02. The number of carbonyl (C=O) groups excluding carboxylic acids is 2. The van der Waals surface area contributed by atoms with Crippen LogP contribution in [0.1, 0.15) is 73.6 Å². The number of likely N-dealkylation sites (tertiary alicyclic amines) is 1. The van der Waals surface area contributed by atoms with Gasteiger partial charge in [0.05, 0.1) is 41.1 Å². The molecule has 0 radical (unpaired) electrons. The van der Waals surface area contributed by atoms with Crippen molar-refractivity contribution in [2.75, 3.05) is 54.9 Å². The van der Waals surface area contributed by atoms with E-state index in [1.54, 1.807) is 6.92 Å². The number of aromatic nitrogens is 5. The van der Waals surface area contributed by atoms with Crippen molar-refractivity contribution in [3.8, 4) is 5.75 Å². The molecule has 4 aliphatic heterocycles.